The molecule has 2 aliphatic heterocycles. The molecular weight excluding hydrogens is 388 g/mol. The first-order valence-corrected chi connectivity index (χ1v) is 10.7. The molecule has 1 aromatic heterocycles. The van der Waals surface area contributed by atoms with Crippen molar-refractivity contribution in [2.45, 2.75) is 30.3 Å². The van der Waals surface area contributed by atoms with Crippen molar-refractivity contribution in [1.82, 2.24) is 9.88 Å². The molecule has 1 aliphatic carbocycles. The zero-order valence-electron chi connectivity index (χ0n) is 17.1. The summed E-state index contributed by atoms with van der Waals surface area (Å²) in [7, 11) is 0. The average molecular weight is 410 g/mol. The summed E-state index contributed by atoms with van der Waals surface area (Å²) in [6.45, 7) is 1.04. The van der Waals surface area contributed by atoms with E-state index in [9.17, 15) is 9.59 Å². The molecule has 1 atom stereocenters. The van der Waals surface area contributed by atoms with Gasteiger partial charge in [-0.05, 0) is 47.7 Å². The Bertz CT molecular complexity index is 1180. The Balaban J connectivity index is 1.25. The molecule has 154 valence electrons. The van der Waals surface area contributed by atoms with Gasteiger partial charge in [-0.15, -0.1) is 0 Å². The Morgan fingerprint density at radius 2 is 1.61 bits per heavy atom. The number of ether oxygens (including phenoxy) is 1. The molecule has 5 heteroatoms. The summed E-state index contributed by atoms with van der Waals surface area (Å²) in [6, 6.07) is 19.8. The second kappa shape index (κ2) is 6.51. The Morgan fingerprint density at radius 1 is 0.903 bits per heavy atom. The molecule has 1 spiro atoms. The van der Waals surface area contributed by atoms with E-state index < -0.39 is 11.0 Å². The number of esters is 1. The normalized spacial score (nSPS) is 23.0. The van der Waals surface area contributed by atoms with E-state index in [0.717, 1.165) is 35.1 Å². The number of carbonyl (C=O) groups is 2. The highest BCUT2D eigenvalue weighted by Gasteiger charge is 2.57. The van der Waals surface area contributed by atoms with Crippen molar-refractivity contribution in [3.8, 4) is 11.1 Å². The van der Waals surface area contributed by atoms with Crippen molar-refractivity contribution in [2.24, 2.45) is 0 Å². The number of hydrogen-bond donors (Lipinski definition) is 0. The van der Waals surface area contributed by atoms with Gasteiger partial charge in [0.25, 0.3) is 0 Å². The largest absolute Gasteiger partial charge is 0.449 e. The molecule has 0 bridgehead atoms. The van der Waals surface area contributed by atoms with Crippen LogP contribution in [-0.4, -0.2) is 34.8 Å². The van der Waals surface area contributed by atoms with E-state index in [-0.39, 0.29) is 11.9 Å². The van der Waals surface area contributed by atoms with Crippen LogP contribution in [-0.2, 0) is 20.5 Å². The van der Waals surface area contributed by atoms with E-state index in [2.05, 4.69) is 29.2 Å². The summed E-state index contributed by atoms with van der Waals surface area (Å²) in [5, 5.41) is 0. The number of aromatic nitrogens is 1. The van der Waals surface area contributed by atoms with Gasteiger partial charge >= 0.3 is 5.97 Å². The smallest absolute Gasteiger partial charge is 0.339 e. The highest BCUT2D eigenvalue weighted by molar-refractivity contribution is 5.96. The summed E-state index contributed by atoms with van der Waals surface area (Å²) in [5.74, 6) is -0.126. The van der Waals surface area contributed by atoms with Gasteiger partial charge in [-0.3, -0.25) is 9.78 Å². The van der Waals surface area contributed by atoms with E-state index in [1.165, 1.54) is 0 Å². The molecule has 2 aromatic carbocycles. The maximum Gasteiger partial charge on any atom is 0.339 e. The highest BCUT2D eigenvalue weighted by atomic mass is 16.6. The summed E-state index contributed by atoms with van der Waals surface area (Å²) >= 11 is 0. The van der Waals surface area contributed by atoms with Crippen molar-refractivity contribution < 1.29 is 14.3 Å². The number of benzene rings is 2. The van der Waals surface area contributed by atoms with Crippen molar-refractivity contribution in [3.63, 3.8) is 0 Å². The van der Waals surface area contributed by atoms with Crippen LogP contribution in [0.5, 0.6) is 0 Å². The third kappa shape index (κ3) is 2.73. The number of pyridine rings is 1. The maximum absolute atomic E-state index is 13.6. The van der Waals surface area contributed by atoms with Crippen LogP contribution in [0.3, 0.4) is 0 Å². The Kier molecular flexibility index (Phi) is 3.85. The maximum atomic E-state index is 13.6. The first-order chi connectivity index (χ1) is 15.1. The Morgan fingerprint density at radius 3 is 2.35 bits per heavy atom. The second-order valence-electron chi connectivity index (χ2n) is 8.80. The minimum Gasteiger partial charge on any atom is -0.449 e. The molecule has 0 N–H and O–H groups in total. The highest BCUT2D eigenvalue weighted by Crippen LogP contribution is 2.52. The number of fused-ring (bicyclic) bond motifs is 2. The molecule has 3 aromatic rings. The van der Waals surface area contributed by atoms with Gasteiger partial charge in [0.05, 0.1) is 17.5 Å². The van der Waals surface area contributed by atoms with E-state index in [4.69, 9.17) is 4.74 Å². The quantitative estimate of drug-likeness (QED) is 0.611. The molecule has 31 heavy (non-hydrogen) atoms. The van der Waals surface area contributed by atoms with Crippen LogP contribution in [0, 0.1) is 0 Å². The van der Waals surface area contributed by atoms with Crippen molar-refractivity contribution >= 4 is 11.9 Å². The Labute approximate surface area is 180 Å². The lowest BCUT2D eigenvalue weighted by molar-refractivity contribution is -0.134. The fraction of sp³-hybridized carbons (Fsp3) is 0.269. The molecule has 0 unspecified atom stereocenters. The lowest BCUT2D eigenvalue weighted by Crippen LogP contribution is -2.40. The fourth-order valence-electron chi connectivity index (χ4n) is 5.18. The van der Waals surface area contributed by atoms with Gasteiger partial charge < -0.3 is 9.64 Å². The Hall–Kier alpha value is -3.47. The van der Waals surface area contributed by atoms with E-state index in [1.807, 2.05) is 41.3 Å². The first-order valence-electron chi connectivity index (χ1n) is 10.7. The van der Waals surface area contributed by atoms with Gasteiger partial charge in [-0.2, -0.15) is 0 Å². The molecule has 3 heterocycles. The van der Waals surface area contributed by atoms with Gasteiger partial charge in [-0.25, -0.2) is 4.79 Å². The van der Waals surface area contributed by atoms with Gasteiger partial charge in [0.2, 0.25) is 5.91 Å². The lowest BCUT2D eigenvalue weighted by atomic mass is 9.91. The number of rotatable bonds is 3. The molecule has 0 radical (unpaired) electrons. The van der Waals surface area contributed by atoms with Crippen molar-refractivity contribution in [1.29, 1.82) is 0 Å². The van der Waals surface area contributed by atoms with Crippen LogP contribution in [0.2, 0.25) is 0 Å². The number of hydrogen-bond acceptors (Lipinski definition) is 4. The summed E-state index contributed by atoms with van der Waals surface area (Å²) in [5.41, 5.74) is 3.71. The molecule has 3 aliphatic rings. The van der Waals surface area contributed by atoms with Crippen molar-refractivity contribution in [2.75, 3.05) is 13.1 Å². The van der Waals surface area contributed by atoms with Crippen LogP contribution in [0.1, 0.15) is 40.7 Å². The number of likely N-dealkylation sites (tertiary alicyclic amines) is 1. The minimum atomic E-state index is -0.690. The molecule has 6 rings (SSSR count). The standard InChI is InChI=1S/C26H22N2O3/c29-23-21-3-1-2-4-22(21)26(31-23)13-16-28(17-26)24(30)25(11-12-25)20-7-5-18(6-8-20)19-9-14-27-15-10-19/h1-10,14-15H,11-13,16-17H2/t26-/m0/s1. The van der Waals surface area contributed by atoms with Crippen LogP contribution < -0.4 is 0 Å². The predicted octanol–water partition coefficient (Wildman–Crippen LogP) is 4.08. The minimum absolute atomic E-state index is 0.154. The predicted molar refractivity (Wildman–Crippen MR) is 115 cm³/mol. The van der Waals surface area contributed by atoms with Gasteiger partial charge in [-0.1, -0.05) is 42.5 Å². The van der Waals surface area contributed by atoms with Crippen molar-refractivity contribution in [3.05, 3.63) is 89.7 Å². The molecule has 1 saturated carbocycles. The van der Waals surface area contributed by atoms with Gasteiger partial charge in [0.15, 0.2) is 5.60 Å². The number of carbonyl (C=O) groups excluding carboxylic acids is 2. The zero-order valence-corrected chi connectivity index (χ0v) is 17.1. The first kappa shape index (κ1) is 18.3. The van der Waals surface area contributed by atoms with Gasteiger partial charge in [0, 0.05) is 30.9 Å². The fourth-order valence-corrected chi connectivity index (χ4v) is 5.18. The van der Waals surface area contributed by atoms with Crippen LogP contribution in [0.25, 0.3) is 11.1 Å². The average Bonchev–Trinajstić information content (AvgIpc) is 3.46. The van der Waals surface area contributed by atoms with E-state index in [1.54, 1.807) is 12.4 Å². The third-order valence-electron chi connectivity index (χ3n) is 7.06. The van der Waals surface area contributed by atoms with Crippen LogP contribution in [0.4, 0.5) is 0 Å². The summed E-state index contributed by atoms with van der Waals surface area (Å²) in [4.78, 5) is 31.9. The van der Waals surface area contributed by atoms with Gasteiger partial charge in [0.1, 0.15) is 0 Å². The van der Waals surface area contributed by atoms with E-state index >= 15 is 0 Å². The molecule has 2 fully saturated rings. The third-order valence-corrected chi connectivity index (χ3v) is 7.06. The van der Waals surface area contributed by atoms with Crippen LogP contribution in [0.15, 0.2) is 73.1 Å². The van der Waals surface area contributed by atoms with Crippen LogP contribution >= 0.6 is 0 Å². The molecule has 5 nitrogen and oxygen atoms in total. The number of nitrogens with zero attached hydrogens (tertiary/aromatic N) is 2. The summed E-state index contributed by atoms with van der Waals surface area (Å²) in [6.07, 6.45) is 5.94. The molecule has 1 saturated heterocycles. The second-order valence-corrected chi connectivity index (χ2v) is 8.80. The topological polar surface area (TPSA) is 59.5 Å². The SMILES string of the molecule is O=C1O[C@]2(CCN(C(=O)C3(c4ccc(-c5ccncc5)cc4)CC3)C2)c2ccccc21. The monoisotopic (exact) mass is 410 g/mol. The summed E-state index contributed by atoms with van der Waals surface area (Å²) < 4.78 is 5.83. The molecular formula is C26H22N2O3. The van der Waals surface area contributed by atoms with E-state index in [0.29, 0.717) is 25.1 Å². The number of amides is 1. The zero-order chi connectivity index (χ0) is 21.1. The lowest BCUT2D eigenvalue weighted by Gasteiger charge is -2.27. The molecule has 1 amide bonds.